The van der Waals surface area contributed by atoms with E-state index in [0.717, 1.165) is 4.43 Å². The Morgan fingerprint density at radius 3 is 2.54 bits per heavy atom. The fourth-order valence-electron chi connectivity index (χ4n) is 0.876. The van der Waals surface area contributed by atoms with E-state index in [4.69, 9.17) is 5.11 Å². The summed E-state index contributed by atoms with van der Waals surface area (Å²) < 4.78 is 0.890. The Kier molecular flexibility index (Phi) is 4.01. The Morgan fingerprint density at radius 2 is 2.00 bits per heavy atom. The molecule has 0 aliphatic carbocycles. The number of alkyl halides is 1. The van der Waals surface area contributed by atoms with Crippen molar-refractivity contribution >= 4 is 28.5 Å². The van der Waals surface area contributed by atoms with Gasteiger partial charge in [-0.05, 0) is 24.3 Å². The van der Waals surface area contributed by atoms with E-state index in [9.17, 15) is 4.79 Å². The second-order valence-electron chi connectivity index (χ2n) is 2.49. The third kappa shape index (κ3) is 3.22. The van der Waals surface area contributed by atoms with Crippen LogP contribution in [-0.2, 0) is 0 Å². The zero-order valence-corrected chi connectivity index (χ0v) is 9.11. The number of aromatic hydroxyl groups is 1. The number of amides is 1. The first-order valence-corrected chi connectivity index (χ1v) is 5.40. The highest BCUT2D eigenvalue weighted by Gasteiger charge is 2.02. The molecule has 0 unspecified atom stereocenters. The molecular weight excluding hydrogens is 281 g/mol. The van der Waals surface area contributed by atoms with Crippen LogP contribution in [0.15, 0.2) is 24.3 Å². The van der Waals surface area contributed by atoms with Gasteiger partial charge in [-0.25, -0.2) is 0 Å². The van der Waals surface area contributed by atoms with Gasteiger partial charge in [-0.3, -0.25) is 4.79 Å². The van der Waals surface area contributed by atoms with E-state index in [1.54, 1.807) is 12.1 Å². The molecule has 1 amide bonds. The summed E-state index contributed by atoms with van der Waals surface area (Å²) >= 11 is 2.19. The smallest absolute Gasteiger partial charge is 0.251 e. The molecule has 0 atom stereocenters. The first-order valence-electron chi connectivity index (χ1n) is 3.87. The molecule has 0 heterocycles. The van der Waals surface area contributed by atoms with Gasteiger partial charge in [0.2, 0.25) is 0 Å². The van der Waals surface area contributed by atoms with E-state index in [2.05, 4.69) is 27.9 Å². The van der Waals surface area contributed by atoms with Crippen molar-refractivity contribution in [3.05, 3.63) is 29.8 Å². The summed E-state index contributed by atoms with van der Waals surface area (Å²) in [7, 11) is 0. The van der Waals surface area contributed by atoms with Crippen molar-refractivity contribution in [2.45, 2.75) is 0 Å². The summed E-state index contributed by atoms with van der Waals surface area (Å²) in [5.41, 5.74) is 0.572. The van der Waals surface area contributed by atoms with E-state index in [0.29, 0.717) is 12.1 Å². The average Bonchev–Trinajstić information content (AvgIpc) is 2.15. The molecule has 2 N–H and O–H groups in total. The van der Waals surface area contributed by atoms with Gasteiger partial charge in [-0.1, -0.05) is 22.6 Å². The highest BCUT2D eigenvalue weighted by molar-refractivity contribution is 14.1. The highest BCUT2D eigenvalue weighted by Crippen LogP contribution is 2.09. The SMILES string of the molecule is O=C(NCCI)c1ccc(O)cc1. The minimum atomic E-state index is -0.100. The molecule has 0 saturated heterocycles. The molecule has 1 aromatic rings. The Hall–Kier alpha value is -0.780. The topological polar surface area (TPSA) is 49.3 Å². The van der Waals surface area contributed by atoms with Crippen molar-refractivity contribution in [1.29, 1.82) is 0 Å². The van der Waals surface area contributed by atoms with Crippen molar-refractivity contribution in [1.82, 2.24) is 5.32 Å². The third-order valence-corrected chi connectivity index (χ3v) is 2.05. The molecule has 3 nitrogen and oxygen atoms in total. The Labute approximate surface area is 90.3 Å². The molecule has 0 aliphatic rings. The average molecular weight is 291 g/mol. The highest BCUT2D eigenvalue weighted by atomic mass is 127. The summed E-state index contributed by atoms with van der Waals surface area (Å²) in [5, 5.41) is 11.7. The van der Waals surface area contributed by atoms with Gasteiger partial charge >= 0.3 is 0 Å². The Morgan fingerprint density at radius 1 is 1.38 bits per heavy atom. The molecule has 0 aromatic heterocycles. The van der Waals surface area contributed by atoms with Crippen LogP contribution in [0.3, 0.4) is 0 Å². The van der Waals surface area contributed by atoms with Crippen LogP contribution in [0, 0.1) is 0 Å². The molecule has 0 aliphatic heterocycles. The van der Waals surface area contributed by atoms with Gasteiger partial charge < -0.3 is 10.4 Å². The monoisotopic (exact) mass is 291 g/mol. The van der Waals surface area contributed by atoms with Crippen LogP contribution in [0.5, 0.6) is 5.75 Å². The lowest BCUT2D eigenvalue weighted by atomic mass is 10.2. The molecule has 0 radical (unpaired) electrons. The normalized spacial score (nSPS) is 9.62. The van der Waals surface area contributed by atoms with Gasteiger partial charge in [0.25, 0.3) is 5.91 Å². The van der Waals surface area contributed by atoms with Gasteiger partial charge in [-0.15, -0.1) is 0 Å². The van der Waals surface area contributed by atoms with E-state index < -0.39 is 0 Å². The molecule has 70 valence electrons. The Bertz CT molecular complexity index is 284. The first kappa shape index (κ1) is 10.3. The molecule has 0 spiro atoms. The number of carbonyl (C=O) groups excluding carboxylic acids is 1. The quantitative estimate of drug-likeness (QED) is 0.656. The van der Waals surface area contributed by atoms with Crippen LogP contribution in [0.1, 0.15) is 10.4 Å². The lowest BCUT2D eigenvalue weighted by Gasteiger charge is -2.02. The second-order valence-corrected chi connectivity index (χ2v) is 3.57. The molecule has 0 bridgehead atoms. The van der Waals surface area contributed by atoms with Gasteiger partial charge in [0, 0.05) is 16.5 Å². The number of halogens is 1. The zero-order valence-electron chi connectivity index (χ0n) is 6.96. The van der Waals surface area contributed by atoms with Gasteiger partial charge in [0.1, 0.15) is 5.75 Å². The third-order valence-electron chi connectivity index (χ3n) is 1.51. The maximum atomic E-state index is 11.3. The summed E-state index contributed by atoms with van der Waals surface area (Å²) in [6, 6.07) is 6.19. The lowest BCUT2D eigenvalue weighted by Crippen LogP contribution is -2.24. The van der Waals surface area contributed by atoms with E-state index in [-0.39, 0.29) is 11.7 Å². The molecule has 1 rings (SSSR count). The standard InChI is InChI=1S/C9H10INO2/c10-5-6-11-9(13)7-1-3-8(12)4-2-7/h1-4,12H,5-6H2,(H,11,13). The van der Waals surface area contributed by atoms with Crippen LogP contribution in [0.2, 0.25) is 0 Å². The second kappa shape index (κ2) is 5.06. The number of phenols is 1. The summed E-state index contributed by atoms with van der Waals surface area (Å²) in [6.07, 6.45) is 0. The molecule has 0 fully saturated rings. The molecule has 4 heteroatoms. The first-order chi connectivity index (χ1) is 6.24. The summed E-state index contributed by atoms with van der Waals surface area (Å²) in [6.45, 7) is 0.667. The van der Waals surface area contributed by atoms with Crippen LogP contribution >= 0.6 is 22.6 Å². The van der Waals surface area contributed by atoms with E-state index >= 15 is 0 Å². The predicted molar refractivity (Wildman–Crippen MR) is 59.3 cm³/mol. The largest absolute Gasteiger partial charge is 0.508 e. The number of hydrogen-bond donors (Lipinski definition) is 2. The van der Waals surface area contributed by atoms with Crippen LogP contribution in [0.25, 0.3) is 0 Å². The van der Waals surface area contributed by atoms with Crippen molar-refractivity contribution in [3.8, 4) is 5.75 Å². The fraction of sp³-hybridized carbons (Fsp3) is 0.222. The van der Waals surface area contributed by atoms with E-state index in [1.807, 2.05) is 0 Å². The molecule has 13 heavy (non-hydrogen) atoms. The summed E-state index contributed by atoms with van der Waals surface area (Å²) in [4.78, 5) is 11.3. The minimum Gasteiger partial charge on any atom is -0.508 e. The van der Waals surface area contributed by atoms with Crippen molar-refractivity contribution in [3.63, 3.8) is 0 Å². The number of rotatable bonds is 3. The van der Waals surface area contributed by atoms with Gasteiger partial charge in [0.15, 0.2) is 0 Å². The molecule has 1 aromatic carbocycles. The van der Waals surface area contributed by atoms with Crippen LogP contribution < -0.4 is 5.32 Å². The van der Waals surface area contributed by atoms with Crippen molar-refractivity contribution < 1.29 is 9.90 Å². The molecule has 0 saturated carbocycles. The maximum Gasteiger partial charge on any atom is 0.251 e. The van der Waals surface area contributed by atoms with Crippen LogP contribution in [0.4, 0.5) is 0 Å². The van der Waals surface area contributed by atoms with Crippen molar-refractivity contribution in [2.75, 3.05) is 11.0 Å². The number of carbonyl (C=O) groups is 1. The van der Waals surface area contributed by atoms with E-state index in [1.165, 1.54) is 12.1 Å². The number of hydrogen-bond acceptors (Lipinski definition) is 2. The fourth-order valence-corrected chi connectivity index (χ4v) is 1.15. The predicted octanol–water partition coefficient (Wildman–Crippen LogP) is 1.56. The maximum absolute atomic E-state index is 11.3. The summed E-state index contributed by atoms with van der Waals surface area (Å²) in [5.74, 6) is 0.0714. The van der Waals surface area contributed by atoms with Gasteiger partial charge in [-0.2, -0.15) is 0 Å². The number of nitrogens with one attached hydrogen (secondary N) is 1. The molecular formula is C9H10INO2. The Balaban J connectivity index is 2.61. The lowest BCUT2D eigenvalue weighted by molar-refractivity contribution is 0.0956. The van der Waals surface area contributed by atoms with Crippen molar-refractivity contribution in [2.24, 2.45) is 0 Å². The number of phenolic OH excluding ortho intramolecular Hbond substituents is 1. The van der Waals surface area contributed by atoms with Crippen LogP contribution in [-0.4, -0.2) is 22.0 Å². The van der Waals surface area contributed by atoms with Gasteiger partial charge in [0.05, 0.1) is 0 Å². The number of benzene rings is 1. The minimum absolute atomic E-state index is 0.100. The zero-order chi connectivity index (χ0) is 9.68.